The van der Waals surface area contributed by atoms with Gasteiger partial charge < -0.3 is 10.4 Å². The van der Waals surface area contributed by atoms with Crippen LogP contribution in [0.3, 0.4) is 0 Å². The van der Waals surface area contributed by atoms with Gasteiger partial charge in [-0.05, 0) is 36.3 Å². The number of hydrogen-bond acceptors (Lipinski definition) is 2. The fourth-order valence-electron chi connectivity index (χ4n) is 2.88. The summed E-state index contributed by atoms with van der Waals surface area (Å²) in [6.07, 6.45) is 6.52. The Hall–Kier alpha value is -2.10. The Labute approximate surface area is 137 Å². The molecule has 2 N–H and O–H groups in total. The van der Waals surface area contributed by atoms with Crippen molar-refractivity contribution in [3.05, 3.63) is 41.5 Å². The summed E-state index contributed by atoms with van der Waals surface area (Å²) in [6, 6.07) is 8.28. The van der Waals surface area contributed by atoms with E-state index in [9.17, 15) is 9.59 Å². The van der Waals surface area contributed by atoms with Crippen LogP contribution in [-0.4, -0.2) is 22.5 Å². The van der Waals surface area contributed by atoms with Gasteiger partial charge in [-0.3, -0.25) is 9.59 Å². The fourth-order valence-corrected chi connectivity index (χ4v) is 2.88. The number of carbonyl (C=O) groups excluding carboxylic acids is 1. The second-order valence-electron chi connectivity index (χ2n) is 6.68. The van der Waals surface area contributed by atoms with Crippen molar-refractivity contribution >= 4 is 18.0 Å². The molecule has 1 saturated carbocycles. The third-order valence-corrected chi connectivity index (χ3v) is 4.42. The molecule has 0 radical (unpaired) electrons. The van der Waals surface area contributed by atoms with Crippen LogP contribution in [0.15, 0.2) is 30.3 Å². The minimum atomic E-state index is -0.856. The molecule has 0 spiro atoms. The van der Waals surface area contributed by atoms with E-state index in [-0.39, 0.29) is 18.7 Å². The number of nitrogens with one attached hydrogen (secondary N) is 1. The summed E-state index contributed by atoms with van der Waals surface area (Å²) < 4.78 is 0. The van der Waals surface area contributed by atoms with E-state index >= 15 is 0 Å². The van der Waals surface area contributed by atoms with Gasteiger partial charge in [-0.25, -0.2) is 0 Å². The van der Waals surface area contributed by atoms with E-state index in [0.29, 0.717) is 5.92 Å². The Kier molecular flexibility index (Phi) is 5.59. The standard InChI is InChI=1S/C19H25NO3/c1-14(2)16-9-7-15(8-10-16)5-3-6-17(21)20-19(11-4-12-19)13-18(22)23/h3,5,7-10,14H,4,6,11-13H2,1-2H3,(H,20,21)(H,22,23)/b5-3+. The molecule has 1 aromatic rings. The molecule has 0 saturated heterocycles. The number of hydrogen-bond donors (Lipinski definition) is 2. The number of carboxylic acid groups (broad SMARTS) is 1. The molecule has 1 aliphatic rings. The highest BCUT2D eigenvalue weighted by Crippen LogP contribution is 2.35. The molecule has 124 valence electrons. The van der Waals surface area contributed by atoms with Gasteiger partial charge in [0.25, 0.3) is 0 Å². The second kappa shape index (κ2) is 7.44. The van der Waals surface area contributed by atoms with E-state index in [1.54, 1.807) is 0 Å². The van der Waals surface area contributed by atoms with Crippen LogP contribution in [0.25, 0.3) is 6.08 Å². The second-order valence-corrected chi connectivity index (χ2v) is 6.68. The molecular formula is C19H25NO3. The molecule has 0 aromatic heterocycles. The summed E-state index contributed by atoms with van der Waals surface area (Å²) in [7, 11) is 0. The molecule has 0 unspecified atom stereocenters. The van der Waals surface area contributed by atoms with Crippen molar-refractivity contribution in [2.45, 2.75) is 57.4 Å². The molecule has 0 atom stereocenters. The minimum absolute atomic E-state index is 0.0130. The summed E-state index contributed by atoms with van der Waals surface area (Å²) in [5.74, 6) is -0.460. The van der Waals surface area contributed by atoms with Crippen molar-refractivity contribution in [3.63, 3.8) is 0 Å². The normalized spacial score (nSPS) is 16.3. The van der Waals surface area contributed by atoms with E-state index in [4.69, 9.17) is 5.11 Å². The van der Waals surface area contributed by atoms with Gasteiger partial charge >= 0.3 is 5.97 Å². The first-order valence-electron chi connectivity index (χ1n) is 8.19. The zero-order valence-corrected chi connectivity index (χ0v) is 13.8. The highest BCUT2D eigenvalue weighted by molar-refractivity contribution is 5.80. The summed E-state index contributed by atoms with van der Waals surface area (Å²) in [4.78, 5) is 22.9. The van der Waals surface area contributed by atoms with E-state index in [2.05, 4.69) is 31.3 Å². The molecular weight excluding hydrogens is 290 g/mol. The van der Waals surface area contributed by atoms with Crippen molar-refractivity contribution in [1.82, 2.24) is 5.32 Å². The van der Waals surface area contributed by atoms with Gasteiger partial charge in [0.1, 0.15) is 0 Å². The molecule has 0 heterocycles. The largest absolute Gasteiger partial charge is 0.481 e. The van der Waals surface area contributed by atoms with Crippen molar-refractivity contribution in [3.8, 4) is 0 Å². The first kappa shape index (κ1) is 17.3. The fraction of sp³-hybridized carbons (Fsp3) is 0.474. The van der Waals surface area contributed by atoms with Gasteiger partial charge in [0.15, 0.2) is 0 Å². The number of benzene rings is 1. The van der Waals surface area contributed by atoms with Gasteiger partial charge in [0.05, 0.1) is 12.0 Å². The zero-order chi connectivity index (χ0) is 16.9. The van der Waals surface area contributed by atoms with Gasteiger partial charge in [0, 0.05) is 6.42 Å². The lowest BCUT2D eigenvalue weighted by molar-refractivity contribution is -0.140. The third-order valence-electron chi connectivity index (χ3n) is 4.42. The van der Waals surface area contributed by atoms with Crippen molar-refractivity contribution in [2.24, 2.45) is 0 Å². The quantitative estimate of drug-likeness (QED) is 0.805. The number of rotatable bonds is 7. The Morgan fingerprint density at radius 3 is 2.39 bits per heavy atom. The number of carboxylic acids is 1. The molecule has 4 heteroatoms. The van der Waals surface area contributed by atoms with Crippen LogP contribution in [0.5, 0.6) is 0 Å². The topological polar surface area (TPSA) is 66.4 Å². The molecule has 4 nitrogen and oxygen atoms in total. The summed E-state index contributed by atoms with van der Waals surface area (Å²) in [6.45, 7) is 4.31. The van der Waals surface area contributed by atoms with Crippen LogP contribution >= 0.6 is 0 Å². The lowest BCUT2D eigenvalue weighted by Crippen LogP contribution is -2.54. The molecule has 1 aromatic carbocycles. The van der Waals surface area contributed by atoms with Crippen LogP contribution in [-0.2, 0) is 9.59 Å². The average Bonchev–Trinajstić information content (AvgIpc) is 2.45. The van der Waals surface area contributed by atoms with Crippen LogP contribution in [0, 0.1) is 0 Å². The van der Waals surface area contributed by atoms with Gasteiger partial charge in [-0.15, -0.1) is 0 Å². The van der Waals surface area contributed by atoms with E-state index in [1.165, 1.54) is 5.56 Å². The van der Waals surface area contributed by atoms with Gasteiger partial charge in [0.2, 0.25) is 5.91 Å². The summed E-state index contributed by atoms with van der Waals surface area (Å²) >= 11 is 0. The predicted octanol–water partition coefficient (Wildman–Crippen LogP) is 3.73. The number of amides is 1. The Morgan fingerprint density at radius 2 is 1.91 bits per heavy atom. The Balaban J connectivity index is 1.85. The van der Waals surface area contributed by atoms with E-state index in [0.717, 1.165) is 24.8 Å². The maximum Gasteiger partial charge on any atom is 0.305 e. The summed E-state index contributed by atoms with van der Waals surface area (Å²) in [5.41, 5.74) is 1.84. The third kappa shape index (κ3) is 4.95. The zero-order valence-electron chi connectivity index (χ0n) is 13.8. The van der Waals surface area contributed by atoms with Gasteiger partial charge in [-0.2, -0.15) is 0 Å². The monoisotopic (exact) mass is 315 g/mol. The maximum absolute atomic E-state index is 12.0. The lowest BCUT2D eigenvalue weighted by Gasteiger charge is -2.41. The summed E-state index contributed by atoms with van der Waals surface area (Å²) in [5, 5.41) is 11.8. The van der Waals surface area contributed by atoms with E-state index < -0.39 is 11.5 Å². The number of carbonyl (C=O) groups is 2. The number of aliphatic carboxylic acids is 1. The van der Waals surface area contributed by atoms with Crippen molar-refractivity contribution in [2.75, 3.05) is 0 Å². The molecule has 2 rings (SSSR count). The molecule has 23 heavy (non-hydrogen) atoms. The van der Waals surface area contributed by atoms with Crippen LogP contribution in [0.1, 0.15) is 63.0 Å². The Bertz CT molecular complexity index is 583. The smallest absolute Gasteiger partial charge is 0.305 e. The highest BCUT2D eigenvalue weighted by atomic mass is 16.4. The first-order chi connectivity index (χ1) is 10.9. The SMILES string of the molecule is CC(C)c1ccc(/C=C/CC(=O)NC2(CC(=O)O)CCC2)cc1. The average molecular weight is 315 g/mol. The molecule has 0 bridgehead atoms. The van der Waals surface area contributed by atoms with Crippen molar-refractivity contribution in [1.29, 1.82) is 0 Å². The first-order valence-corrected chi connectivity index (χ1v) is 8.19. The molecule has 1 aliphatic carbocycles. The maximum atomic E-state index is 12.0. The van der Waals surface area contributed by atoms with E-state index in [1.807, 2.05) is 24.3 Å². The molecule has 1 amide bonds. The molecule has 1 fully saturated rings. The van der Waals surface area contributed by atoms with Crippen LogP contribution in [0.4, 0.5) is 0 Å². The lowest BCUT2D eigenvalue weighted by atomic mass is 9.74. The Morgan fingerprint density at radius 1 is 1.26 bits per heavy atom. The predicted molar refractivity (Wildman–Crippen MR) is 91.2 cm³/mol. The molecule has 0 aliphatic heterocycles. The van der Waals surface area contributed by atoms with Gasteiger partial charge in [-0.1, -0.05) is 50.3 Å². The minimum Gasteiger partial charge on any atom is -0.481 e. The van der Waals surface area contributed by atoms with Crippen LogP contribution < -0.4 is 5.32 Å². The highest BCUT2D eigenvalue weighted by Gasteiger charge is 2.39. The van der Waals surface area contributed by atoms with Crippen LogP contribution in [0.2, 0.25) is 0 Å². The van der Waals surface area contributed by atoms with Crippen molar-refractivity contribution < 1.29 is 14.7 Å².